The Balaban J connectivity index is 0.00000111. The van der Waals surface area contributed by atoms with Crippen LogP contribution < -0.4 is 16.2 Å². The highest BCUT2D eigenvalue weighted by Crippen LogP contribution is 2.40. The number of halogens is 3. The number of carbonyl (C=O) groups excluding carboxylic acids is 1. The van der Waals surface area contributed by atoms with Crippen LogP contribution >= 0.6 is 22.9 Å². The molecule has 0 atom stereocenters. The standard InChI is InChI=1S/C28H26ClF2N3O2S.C2H2.CH5N/c1-36-22-10-7-16(17-11-12-33-23(32)14-17)13-18(22)15-34(19-5-3-2-4-6-19)28(35)27-25(29)24-20(30)8-9-21(31)26(24)37-27;2*1-2/h7-14,19H,2-6,15H2,1H3,(H2,32,33);1-2H;2H2,1H3. The quantitative estimate of drug-likeness (QED) is 0.227. The van der Waals surface area contributed by atoms with Gasteiger partial charge in [-0.05, 0) is 67.4 Å². The third kappa shape index (κ3) is 6.96. The fourth-order valence-electron chi connectivity index (χ4n) is 5.02. The second-order valence-electron chi connectivity index (χ2n) is 9.20. The van der Waals surface area contributed by atoms with Crippen molar-refractivity contribution in [2.45, 2.75) is 44.7 Å². The average Bonchev–Trinajstić information content (AvgIpc) is 3.38. The summed E-state index contributed by atoms with van der Waals surface area (Å²) in [5.41, 5.74) is 13.0. The van der Waals surface area contributed by atoms with Crippen molar-refractivity contribution in [2.75, 3.05) is 19.9 Å². The summed E-state index contributed by atoms with van der Waals surface area (Å²) >= 11 is 7.40. The number of nitrogens with zero attached hydrogens (tertiary/aromatic N) is 2. The third-order valence-electron chi connectivity index (χ3n) is 6.89. The largest absolute Gasteiger partial charge is 0.496 e. The summed E-state index contributed by atoms with van der Waals surface area (Å²) < 4.78 is 34.7. The van der Waals surface area contributed by atoms with Crippen molar-refractivity contribution in [3.05, 3.63) is 75.8 Å². The zero-order chi connectivity index (χ0) is 30.1. The molecule has 10 heteroatoms. The van der Waals surface area contributed by atoms with Crippen LogP contribution in [0.5, 0.6) is 5.75 Å². The number of methoxy groups -OCH3 is 1. The number of aromatic nitrogens is 1. The zero-order valence-corrected chi connectivity index (χ0v) is 24.6. The van der Waals surface area contributed by atoms with E-state index < -0.39 is 11.6 Å². The first-order chi connectivity index (χ1) is 19.9. The van der Waals surface area contributed by atoms with Gasteiger partial charge in [-0.2, -0.15) is 0 Å². The molecular formula is C31H33ClF2N4O2S. The number of terminal acetylenes is 1. The number of nitrogen functional groups attached to an aromatic ring is 1. The molecule has 1 aliphatic rings. The molecular weight excluding hydrogens is 566 g/mol. The molecule has 5 rings (SSSR count). The number of benzene rings is 2. The van der Waals surface area contributed by atoms with Crippen molar-refractivity contribution in [2.24, 2.45) is 5.73 Å². The van der Waals surface area contributed by atoms with E-state index in [4.69, 9.17) is 22.1 Å². The van der Waals surface area contributed by atoms with Crippen LogP contribution in [-0.2, 0) is 6.54 Å². The summed E-state index contributed by atoms with van der Waals surface area (Å²) in [6, 6.07) is 11.5. The first kappa shape index (κ1) is 31.8. The lowest BCUT2D eigenvalue weighted by atomic mass is 9.93. The summed E-state index contributed by atoms with van der Waals surface area (Å²) in [5.74, 6) is -0.534. The van der Waals surface area contributed by atoms with E-state index in [1.165, 1.54) is 7.05 Å². The summed E-state index contributed by atoms with van der Waals surface area (Å²) in [5, 5.41) is -0.0933. The van der Waals surface area contributed by atoms with E-state index in [0.717, 1.165) is 72.3 Å². The maximum atomic E-state index is 14.5. The van der Waals surface area contributed by atoms with E-state index in [-0.39, 0.29) is 38.5 Å². The molecule has 0 aliphatic heterocycles. The number of rotatable bonds is 6. The van der Waals surface area contributed by atoms with Gasteiger partial charge in [0.2, 0.25) is 0 Å². The van der Waals surface area contributed by atoms with Gasteiger partial charge in [0.1, 0.15) is 28.1 Å². The molecule has 0 bridgehead atoms. The number of anilines is 1. The van der Waals surface area contributed by atoms with Gasteiger partial charge in [0.05, 0.1) is 22.2 Å². The van der Waals surface area contributed by atoms with Crippen LogP contribution in [0.15, 0.2) is 48.7 Å². The zero-order valence-electron chi connectivity index (χ0n) is 23.0. The number of hydrogen-bond acceptors (Lipinski definition) is 6. The Morgan fingerprint density at radius 1 is 1.07 bits per heavy atom. The van der Waals surface area contributed by atoms with Gasteiger partial charge in [0.15, 0.2) is 0 Å². The number of hydrogen-bond donors (Lipinski definition) is 2. The second kappa shape index (κ2) is 14.8. The number of fused-ring (bicyclic) bond motifs is 1. The molecule has 41 heavy (non-hydrogen) atoms. The van der Waals surface area contributed by atoms with Gasteiger partial charge in [0.25, 0.3) is 5.91 Å². The highest BCUT2D eigenvalue weighted by Gasteiger charge is 2.31. The maximum absolute atomic E-state index is 14.5. The smallest absolute Gasteiger partial charge is 0.266 e. The van der Waals surface area contributed by atoms with Crippen molar-refractivity contribution in [1.29, 1.82) is 0 Å². The van der Waals surface area contributed by atoms with Crippen LogP contribution in [0, 0.1) is 24.5 Å². The molecule has 0 radical (unpaired) electrons. The monoisotopic (exact) mass is 598 g/mol. The van der Waals surface area contributed by atoms with Crippen molar-refractivity contribution in [1.82, 2.24) is 9.88 Å². The van der Waals surface area contributed by atoms with Crippen LogP contribution in [-0.4, -0.2) is 36.0 Å². The highest BCUT2D eigenvalue weighted by atomic mass is 35.5. The van der Waals surface area contributed by atoms with Crippen LogP contribution in [0.4, 0.5) is 14.6 Å². The summed E-state index contributed by atoms with van der Waals surface area (Å²) in [7, 11) is 3.09. The number of pyridine rings is 1. The Labute approximate surface area is 248 Å². The topological polar surface area (TPSA) is 94.5 Å². The highest BCUT2D eigenvalue weighted by molar-refractivity contribution is 7.21. The minimum absolute atomic E-state index is 0.0258. The predicted molar refractivity (Wildman–Crippen MR) is 164 cm³/mol. The molecule has 6 nitrogen and oxygen atoms in total. The summed E-state index contributed by atoms with van der Waals surface area (Å²) in [6.45, 7) is 0.261. The number of ether oxygens (including phenoxy) is 1. The van der Waals surface area contributed by atoms with Gasteiger partial charge >= 0.3 is 0 Å². The van der Waals surface area contributed by atoms with E-state index in [1.54, 1.807) is 24.3 Å². The minimum atomic E-state index is -0.646. The first-order valence-corrected chi connectivity index (χ1v) is 14.2. The van der Waals surface area contributed by atoms with E-state index in [2.05, 4.69) is 23.6 Å². The van der Waals surface area contributed by atoms with E-state index in [9.17, 15) is 13.6 Å². The molecule has 216 valence electrons. The van der Waals surface area contributed by atoms with Crippen molar-refractivity contribution in [3.8, 4) is 29.7 Å². The lowest BCUT2D eigenvalue weighted by molar-refractivity contribution is 0.0618. The number of nitrogens with two attached hydrogens (primary N) is 2. The van der Waals surface area contributed by atoms with Crippen molar-refractivity contribution < 1.29 is 18.3 Å². The molecule has 1 saturated carbocycles. The van der Waals surface area contributed by atoms with Gasteiger partial charge in [-0.15, -0.1) is 24.2 Å². The summed E-state index contributed by atoms with van der Waals surface area (Å²) in [6.07, 6.45) is 14.5. The third-order valence-corrected chi connectivity index (χ3v) is 8.56. The Morgan fingerprint density at radius 2 is 1.73 bits per heavy atom. The van der Waals surface area contributed by atoms with Crippen molar-refractivity contribution >= 4 is 44.7 Å². The number of carbonyl (C=O) groups is 1. The minimum Gasteiger partial charge on any atom is -0.496 e. The molecule has 0 unspecified atom stereocenters. The Kier molecular flexibility index (Phi) is 11.5. The second-order valence-corrected chi connectivity index (χ2v) is 10.6. The predicted octanol–water partition coefficient (Wildman–Crippen LogP) is 7.29. The molecule has 0 saturated heterocycles. The molecule has 1 aliphatic carbocycles. The maximum Gasteiger partial charge on any atom is 0.266 e. The fourth-order valence-corrected chi connectivity index (χ4v) is 6.52. The van der Waals surface area contributed by atoms with Crippen molar-refractivity contribution in [3.63, 3.8) is 0 Å². The van der Waals surface area contributed by atoms with Gasteiger partial charge in [-0.1, -0.05) is 36.9 Å². The molecule has 4 aromatic rings. The number of amides is 1. The lowest BCUT2D eigenvalue weighted by Gasteiger charge is -2.34. The Morgan fingerprint density at radius 3 is 2.37 bits per heavy atom. The number of thiophene rings is 1. The van der Waals surface area contributed by atoms with Gasteiger partial charge in [-0.3, -0.25) is 4.79 Å². The Hall–Kier alpha value is -3.71. The van der Waals surface area contributed by atoms with E-state index in [0.29, 0.717) is 11.6 Å². The normalized spacial score (nSPS) is 13.0. The first-order valence-electron chi connectivity index (χ1n) is 13.0. The average molecular weight is 599 g/mol. The SMILES string of the molecule is C#C.CN.COc1ccc(-c2ccnc(N)c2)cc1CN(C(=O)c1sc2c(F)ccc(F)c2c1Cl)C1CCCCC1. The molecule has 0 spiro atoms. The molecule has 2 aromatic heterocycles. The molecule has 4 N–H and O–H groups in total. The summed E-state index contributed by atoms with van der Waals surface area (Å²) in [4.78, 5) is 20.0. The molecule has 2 aromatic carbocycles. The Bertz CT molecular complexity index is 1520. The van der Waals surface area contributed by atoms with Crippen LogP contribution in [0.3, 0.4) is 0 Å². The van der Waals surface area contributed by atoms with Gasteiger partial charge in [0, 0.05) is 24.3 Å². The fraction of sp³-hybridized carbons (Fsp3) is 0.290. The van der Waals surface area contributed by atoms with Crippen LogP contribution in [0.25, 0.3) is 21.2 Å². The lowest BCUT2D eigenvalue weighted by Crippen LogP contribution is -2.40. The van der Waals surface area contributed by atoms with Crippen LogP contribution in [0.1, 0.15) is 47.3 Å². The van der Waals surface area contributed by atoms with E-state index >= 15 is 0 Å². The van der Waals surface area contributed by atoms with Gasteiger partial charge < -0.3 is 21.1 Å². The molecule has 1 amide bonds. The van der Waals surface area contributed by atoms with Crippen LogP contribution in [0.2, 0.25) is 5.02 Å². The molecule has 2 heterocycles. The molecule has 1 fully saturated rings. The van der Waals surface area contributed by atoms with E-state index in [1.807, 2.05) is 24.3 Å². The van der Waals surface area contributed by atoms with Gasteiger partial charge in [-0.25, -0.2) is 13.8 Å².